The van der Waals surface area contributed by atoms with Crippen molar-refractivity contribution < 1.29 is 38.1 Å². The van der Waals surface area contributed by atoms with Crippen molar-refractivity contribution in [2.24, 2.45) is 171 Å². The molecule has 0 aromatic rings. The monoisotopic (exact) mass is 880 g/mol. The fraction of sp³-hybridized carbons (Fsp3) is 0.789. The Balaban J connectivity index is 0.676. The van der Waals surface area contributed by atoms with Gasteiger partial charge < -0.3 is 18.9 Å². The molecule has 8 nitrogen and oxygen atoms in total. The van der Waals surface area contributed by atoms with Gasteiger partial charge in [-0.15, -0.1) is 0 Å². The van der Waals surface area contributed by atoms with E-state index in [0.717, 1.165) is 51.4 Å². The van der Waals surface area contributed by atoms with Crippen LogP contribution in [0.25, 0.3) is 0 Å². The average Bonchev–Trinajstić information content (AvgIpc) is 4.17. The summed E-state index contributed by atoms with van der Waals surface area (Å²) in [4.78, 5) is 58.0. The number of rotatable bonds is 12. The third-order valence-corrected chi connectivity index (χ3v) is 24.4. The van der Waals surface area contributed by atoms with Crippen LogP contribution in [-0.2, 0) is 38.1 Å². The molecule has 0 amide bonds. The average molecular weight is 881 g/mol. The van der Waals surface area contributed by atoms with Crippen molar-refractivity contribution in [2.75, 3.05) is 26.4 Å². The molecule has 344 valence electrons. The predicted octanol–water partition coefficient (Wildman–Crippen LogP) is 8.52. The van der Waals surface area contributed by atoms with Gasteiger partial charge in [-0.1, -0.05) is 48.6 Å². The lowest BCUT2D eigenvalue weighted by Gasteiger charge is -2.39. The van der Waals surface area contributed by atoms with E-state index < -0.39 is 5.41 Å². The normalized spacial score (nSPS) is 56.9. The molecular weight excluding hydrogens is 813 g/mol. The third-order valence-electron chi connectivity index (χ3n) is 24.4. The molecule has 16 aliphatic carbocycles. The molecular formula is C57H68O8. The van der Waals surface area contributed by atoms with Crippen molar-refractivity contribution in [2.45, 2.75) is 77.0 Å². The highest BCUT2D eigenvalue weighted by molar-refractivity contribution is 5.76. The molecule has 0 heterocycles. The highest BCUT2D eigenvalue weighted by Crippen LogP contribution is 2.71. The van der Waals surface area contributed by atoms with Crippen LogP contribution in [0.2, 0.25) is 0 Å². The molecule has 12 saturated carbocycles. The van der Waals surface area contributed by atoms with Gasteiger partial charge in [0, 0.05) is 0 Å². The van der Waals surface area contributed by atoms with Gasteiger partial charge in [0.2, 0.25) is 0 Å². The predicted molar refractivity (Wildman–Crippen MR) is 236 cm³/mol. The Bertz CT molecular complexity index is 1930. The lowest BCUT2D eigenvalue weighted by atomic mass is 9.69. The van der Waals surface area contributed by atoms with Gasteiger partial charge in [0.25, 0.3) is 0 Å². The number of ether oxygens (including phenoxy) is 4. The van der Waals surface area contributed by atoms with Crippen LogP contribution < -0.4 is 0 Å². The molecule has 0 aromatic carbocycles. The summed E-state index contributed by atoms with van der Waals surface area (Å²) in [6.07, 6.45) is 32.3. The van der Waals surface area contributed by atoms with E-state index in [2.05, 4.69) is 48.6 Å². The molecule has 8 heteroatoms. The Hall–Kier alpha value is -3.16. The van der Waals surface area contributed by atoms with Crippen LogP contribution in [0.5, 0.6) is 0 Å². The molecule has 16 aliphatic rings. The first-order valence-corrected chi connectivity index (χ1v) is 27.2. The quantitative estimate of drug-likeness (QED) is 0.0833. The number of carbonyl (C=O) groups is 4. The van der Waals surface area contributed by atoms with E-state index in [4.69, 9.17) is 18.9 Å². The summed E-state index contributed by atoms with van der Waals surface area (Å²) >= 11 is 0. The number of allylic oxidation sites excluding steroid dienone is 8. The van der Waals surface area contributed by atoms with E-state index in [0.29, 0.717) is 142 Å². The van der Waals surface area contributed by atoms with Gasteiger partial charge in [-0.05, 0) is 219 Å². The van der Waals surface area contributed by atoms with E-state index in [9.17, 15) is 19.2 Å². The maximum atomic E-state index is 14.5. The second kappa shape index (κ2) is 13.5. The van der Waals surface area contributed by atoms with Crippen LogP contribution in [0.3, 0.4) is 0 Å². The Kier molecular flexibility index (Phi) is 8.08. The van der Waals surface area contributed by atoms with E-state index >= 15 is 0 Å². The van der Waals surface area contributed by atoms with Crippen molar-refractivity contribution in [3.63, 3.8) is 0 Å². The molecule has 16 bridgehead atoms. The molecule has 0 radical (unpaired) electrons. The highest BCUT2D eigenvalue weighted by atomic mass is 16.6. The first-order chi connectivity index (χ1) is 31.8. The van der Waals surface area contributed by atoms with Gasteiger partial charge >= 0.3 is 23.9 Å². The van der Waals surface area contributed by atoms with Crippen LogP contribution in [0.1, 0.15) is 77.0 Å². The van der Waals surface area contributed by atoms with Crippen LogP contribution in [-0.4, -0.2) is 50.3 Å². The summed E-state index contributed by atoms with van der Waals surface area (Å²) in [7, 11) is 0. The van der Waals surface area contributed by atoms with Crippen molar-refractivity contribution in [1.82, 2.24) is 0 Å². The van der Waals surface area contributed by atoms with Gasteiger partial charge in [-0.25, -0.2) is 0 Å². The Labute approximate surface area is 383 Å². The van der Waals surface area contributed by atoms with Crippen LogP contribution in [0.15, 0.2) is 48.6 Å². The summed E-state index contributed by atoms with van der Waals surface area (Å²) in [5, 5.41) is 0. The summed E-state index contributed by atoms with van der Waals surface area (Å²) < 4.78 is 26.0. The maximum absolute atomic E-state index is 14.5. The van der Waals surface area contributed by atoms with Gasteiger partial charge in [0.15, 0.2) is 0 Å². The Morgan fingerprint density at radius 1 is 0.308 bits per heavy atom. The topological polar surface area (TPSA) is 105 Å². The zero-order chi connectivity index (χ0) is 42.8. The van der Waals surface area contributed by atoms with E-state index in [1.54, 1.807) is 0 Å². The largest absolute Gasteiger partial charge is 0.464 e. The van der Waals surface area contributed by atoms with Gasteiger partial charge in [-0.3, -0.25) is 19.2 Å². The second-order valence-electron chi connectivity index (χ2n) is 26.4. The summed E-state index contributed by atoms with van der Waals surface area (Å²) in [5.74, 6) is 12.5. The first kappa shape index (κ1) is 38.8. The third kappa shape index (κ3) is 5.22. The maximum Gasteiger partial charge on any atom is 0.309 e. The van der Waals surface area contributed by atoms with E-state index in [1.807, 2.05) is 0 Å². The fourth-order valence-corrected chi connectivity index (χ4v) is 22.7. The zero-order valence-corrected chi connectivity index (χ0v) is 37.9. The molecule has 12 fully saturated rings. The van der Waals surface area contributed by atoms with Gasteiger partial charge in [-0.2, -0.15) is 0 Å². The second-order valence-corrected chi connectivity index (χ2v) is 26.4. The SMILES string of the molecule is O=C(OCC(COC(=O)C1CC2CC1C1C3C=CC(C3)C21)(COC(=O)C1CC2CC1C1C3C=CC(C3)C21)COC(=O)C1CC2CC1C1C3C=CC(C3)C21)C1CC2CC1C1C3C=CC(C3)C21. The lowest BCUT2D eigenvalue weighted by molar-refractivity contribution is -0.179. The lowest BCUT2D eigenvalue weighted by Crippen LogP contribution is -2.47. The number of carbonyl (C=O) groups excluding carboxylic acids is 4. The molecule has 16 rings (SSSR count). The molecule has 0 spiro atoms. The van der Waals surface area contributed by atoms with Crippen LogP contribution in [0.4, 0.5) is 0 Å². The summed E-state index contributed by atoms with van der Waals surface area (Å²) in [6.45, 7) is -0.407. The number of hydrogen-bond donors (Lipinski definition) is 0. The minimum Gasteiger partial charge on any atom is -0.464 e. The van der Waals surface area contributed by atoms with Crippen LogP contribution in [0, 0.1) is 171 Å². The smallest absolute Gasteiger partial charge is 0.309 e. The van der Waals surface area contributed by atoms with Crippen LogP contribution >= 0.6 is 0 Å². The molecule has 0 aliphatic heterocycles. The summed E-state index contributed by atoms with van der Waals surface area (Å²) in [5.41, 5.74) is -1.20. The van der Waals surface area contributed by atoms with Gasteiger partial charge in [0.05, 0.1) is 23.7 Å². The van der Waals surface area contributed by atoms with Crippen molar-refractivity contribution in [1.29, 1.82) is 0 Å². The summed E-state index contributed by atoms with van der Waals surface area (Å²) in [6, 6.07) is 0. The minimum absolute atomic E-state index is 0.102. The molecule has 65 heavy (non-hydrogen) atoms. The van der Waals surface area contributed by atoms with Crippen molar-refractivity contribution in [3.05, 3.63) is 48.6 Å². The number of esters is 4. The number of fused-ring (bicyclic) bond motifs is 36. The standard InChI is InChI=1S/C57H68O8/c58-53(41-17-33-13-37(41)49-29-5-1-25(9-29)45(33)49)62-21-57(22-63-54(59)42-18-34-14-38(42)50-30-6-2-26(10-30)46(34)50,23-64-55(60)43-19-35-15-39(43)51-31-7-3-27(11-31)47(35)51)24-65-56(61)44-20-36-16-40(44)52-32-8-4-28(12-32)48(36)52/h1-8,25-52H,9-24H2. The Morgan fingerprint density at radius 3 is 0.754 bits per heavy atom. The highest BCUT2D eigenvalue weighted by Gasteiger charge is 2.67. The number of hydrogen-bond acceptors (Lipinski definition) is 8. The molecule has 0 N–H and O–H groups in total. The van der Waals surface area contributed by atoms with Crippen molar-refractivity contribution >= 4 is 23.9 Å². The molecule has 28 atom stereocenters. The van der Waals surface area contributed by atoms with Gasteiger partial charge in [0.1, 0.15) is 31.8 Å². The molecule has 28 unspecified atom stereocenters. The molecule has 0 aromatic heterocycles. The van der Waals surface area contributed by atoms with Crippen molar-refractivity contribution in [3.8, 4) is 0 Å². The fourth-order valence-electron chi connectivity index (χ4n) is 22.7. The Morgan fingerprint density at radius 2 is 0.523 bits per heavy atom. The molecule has 0 saturated heterocycles. The minimum atomic E-state index is -1.20. The zero-order valence-electron chi connectivity index (χ0n) is 37.9. The first-order valence-electron chi connectivity index (χ1n) is 27.2. The van der Waals surface area contributed by atoms with E-state index in [1.165, 1.54) is 25.7 Å². The van der Waals surface area contributed by atoms with E-state index in [-0.39, 0.29) is 74.0 Å².